The van der Waals surface area contributed by atoms with E-state index in [9.17, 15) is 28.8 Å². The number of carboxylic acids is 1. The summed E-state index contributed by atoms with van der Waals surface area (Å²) in [6, 6.07) is 8.95. The van der Waals surface area contributed by atoms with Crippen molar-refractivity contribution in [3.8, 4) is 0 Å². The number of hydrogen-bond acceptors (Lipinski definition) is 12. The summed E-state index contributed by atoms with van der Waals surface area (Å²) < 4.78 is 10.4. The van der Waals surface area contributed by atoms with Crippen molar-refractivity contribution in [3.63, 3.8) is 0 Å². The van der Waals surface area contributed by atoms with Crippen molar-refractivity contribution in [2.45, 2.75) is 154 Å². The van der Waals surface area contributed by atoms with E-state index in [0.29, 0.717) is 44.3 Å². The zero-order valence-corrected chi connectivity index (χ0v) is 40.8. The molecule has 7 heterocycles. The highest BCUT2D eigenvalue weighted by molar-refractivity contribution is 5.89. The number of hydrogen-bond donors (Lipinski definition) is 3. The lowest BCUT2D eigenvalue weighted by molar-refractivity contribution is -0.161. The zero-order chi connectivity index (χ0) is 48.3. The lowest BCUT2D eigenvalue weighted by Gasteiger charge is -2.37. The van der Waals surface area contributed by atoms with Crippen LogP contribution in [0, 0.1) is 11.8 Å². The van der Waals surface area contributed by atoms with Gasteiger partial charge in [-0.3, -0.25) is 33.8 Å². The molecule has 0 saturated carbocycles. The van der Waals surface area contributed by atoms with E-state index in [4.69, 9.17) is 24.5 Å². The summed E-state index contributed by atoms with van der Waals surface area (Å²) in [7, 11) is 0. The number of carbonyl (C=O) groups excluding carboxylic acids is 5. The number of aromatic nitrogens is 2. The predicted octanol–water partition coefficient (Wildman–Crippen LogP) is 5.80. The monoisotopic (exact) mass is 930 g/mol. The lowest BCUT2D eigenvalue weighted by Crippen LogP contribution is -2.48. The van der Waals surface area contributed by atoms with Crippen LogP contribution in [-0.2, 0) is 57.5 Å². The summed E-state index contributed by atoms with van der Waals surface area (Å²) in [6.07, 6.45) is 12.7. The molecule has 2 aromatic heterocycles. The van der Waals surface area contributed by atoms with Gasteiger partial charge in [-0.15, -0.1) is 0 Å². The minimum Gasteiger partial charge on any atom is -0.481 e. The molecule has 16 nitrogen and oxygen atoms in total. The second kappa shape index (κ2) is 23.3. The van der Waals surface area contributed by atoms with Crippen molar-refractivity contribution >= 4 is 41.4 Å². The number of esters is 2. The van der Waals surface area contributed by atoms with Gasteiger partial charge in [-0.2, -0.15) is 0 Å². The molecule has 6 aliphatic rings. The number of nitrogens with one attached hydrogen (secondary N) is 2. The van der Waals surface area contributed by atoms with Crippen LogP contribution >= 0.6 is 0 Å². The van der Waals surface area contributed by atoms with E-state index in [-0.39, 0.29) is 56.1 Å². The number of aryl methyl sites for hydroxylation is 3. The van der Waals surface area contributed by atoms with Gasteiger partial charge in [0, 0.05) is 80.4 Å². The standard InChI is InChI=1S/C25H36N4O4.C14H20N2.C12H19NO5/c1-25(2,3)33-22(31)16-29-14-10-19(15-21(29)30)24(32)28-12-8-17(9-13-28)20-7-6-18-5-4-11-26-23(18)27-20;1-2-4-13-11(3-1)5-6-14(16-13)12-7-9-15-10-8-12;1-12(2,3)18-10(15)7-13-5-4-8(11(16)17)6-9(13)14/h6-7,17,19H,4-5,8-16H2,1-3H3,(H,26,27);5-6,12,15H,1-4,7-10H2;8H,4-7H2,1-3H3,(H,16,17). The number of carbonyl (C=O) groups is 6. The third-order valence-corrected chi connectivity index (χ3v) is 13.3. The summed E-state index contributed by atoms with van der Waals surface area (Å²) in [4.78, 5) is 86.3. The van der Waals surface area contributed by atoms with Crippen LogP contribution in [0.3, 0.4) is 0 Å². The van der Waals surface area contributed by atoms with Crippen molar-refractivity contribution in [2.24, 2.45) is 11.8 Å². The van der Waals surface area contributed by atoms with Gasteiger partial charge < -0.3 is 39.9 Å². The summed E-state index contributed by atoms with van der Waals surface area (Å²) in [5, 5.41) is 15.6. The number of rotatable bonds is 8. The number of anilines is 1. The first-order valence-corrected chi connectivity index (χ1v) is 24.8. The molecule has 67 heavy (non-hydrogen) atoms. The van der Waals surface area contributed by atoms with Crippen LogP contribution in [0.25, 0.3) is 0 Å². The highest BCUT2D eigenvalue weighted by Gasteiger charge is 2.36. The first-order chi connectivity index (χ1) is 31.8. The van der Waals surface area contributed by atoms with Crippen LogP contribution in [0.15, 0.2) is 24.3 Å². The molecular weight excluding hydrogens is 855 g/mol. The molecule has 3 N–H and O–H groups in total. The molecule has 5 aliphatic heterocycles. The number of aliphatic carboxylic acids is 1. The number of piperidine rings is 4. The average molecular weight is 930 g/mol. The molecule has 368 valence electrons. The third kappa shape index (κ3) is 15.5. The van der Waals surface area contributed by atoms with Crippen molar-refractivity contribution in [2.75, 3.05) is 64.2 Å². The number of amides is 3. The maximum atomic E-state index is 13.1. The zero-order valence-electron chi connectivity index (χ0n) is 40.8. The van der Waals surface area contributed by atoms with Gasteiger partial charge in [-0.05, 0) is 155 Å². The Balaban J connectivity index is 0.000000183. The van der Waals surface area contributed by atoms with Gasteiger partial charge in [0.05, 0.1) is 5.92 Å². The van der Waals surface area contributed by atoms with E-state index >= 15 is 0 Å². The van der Waals surface area contributed by atoms with Gasteiger partial charge in [0.15, 0.2) is 0 Å². The molecular formula is C51H75N7O9. The first kappa shape index (κ1) is 51.3. The van der Waals surface area contributed by atoms with Gasteiger partial charge in [0.2, 0.25) is 17.7 Å². The lowest BCUT2D eigenvalue weighted by atomic mass is 9.89. The van der Waals surface area contributed by atoms with E-state index in [1.54, 1.807) is 41.5 Å². The fourth-order valence-electron chi connectivity index (χ4n) is 9.74. The normalized spacial score (nSPS) is 21.6. The average Bonchev–Trinajstić information content (AvgIpc) is 3.29. The number of nitrogens with zero attached hydrogens (tertiary/aromatic N) is 5. The predicted molar refractivity (Wildman–Crippen MR) is 253 cm³/mol. The van der Waals surface area contributed by atoms with Crippen LogP contribution in [0.4, 0.5) is 5.82 Å². The molecule has 2 atom stereocenters. The molecule has 1 aliphatic carbocycles. The second-order valence-corrected chi connectivity index (χ2v) is 21.0. The Morgan fingerprint density at radius 1 is 0.642 bits per heavy atom. The largest absolute Gasteiger partial charge is 0.481 e. The van der Waals surface area contributed by atoms with Crippen molar-refractivity contribution in [1.82, 2.24) is 30.0 Å². The Bertz CT molecular complexity index is 2070. The van der Waals surface area contributed by atoms with Gasteiger partial charge in [0.1, 0.15) is 30.1 Å². The fourth-order valence-corrected chi connectivity index (χ4v) is 9.74. The molecule has 2 aromatic rings. The molecule has 0 bridgehead atoms. The third-order valence-electron chi connectivity index (χ3n) is 13.3. The minimum atomic E-state index is -0.958. The second-order valence-electron chi connectivity index (χ2n) is 21.0. The van der Waals surface area contributed by atoms with E-state index in [2.05, 4.69) is 34.9 Å². The maximum absolute atomic E-state index is 13.1. The molecule has 4 fully saturated rings. The summed E-state index contributed by atoms with van der Waals surface area (Å²) in [6.45, 7) is 15.9. The molecule has 8 rings (SSSR count). The number of carboxylic acid groups (broad SMARTS) is 1. The summed E-state index contributed by atoms with van der Waals surface area (Å²) in [5.41, 5.74) is 5.49. The number of pyridine rings is 2. The van der Waals surface area contributed by atoms with Gasteiger partial charge in [-0.1, -0.05) is 12.1 Å². The van der Waals surface area contributed by atoms with Crippen molar-refractivity contribution in [3.05, 3.63) is 52.5 Å². The molecule has 2 unspecified atom stereocenters. The summed E-state index contributed by atoms with van der Waals surface area (Å²) in [5.74, 6) is -1.06. The Morgan fingerprint density at radius 3 is 1.75 bits per heavy atom. The van der Waals surface area contributed by atoms with Crippen LogP contribution < -0.4 is 10.6 Å². The number of fused-ring (bicyclic) bond motifs is 2. The van der Waals surface area contributed by atoms with E-state index < -0.39 is 35.0 Å². The topological polar surface area (TPSA) is 201 Å². The van der Waals surface area contributed by atoms with Crippen LogP contribution in [0.5, 0.6) is 0 Å². The molecule has 0 aromatic carbocycles. The van der Waals surface area contributed by atoms with Crippen molar-refractivity contribution in [1.29, 1.82) is 0 Å². The highest BCUT2D eigenvalue weighted by Crippen LogP contribution is 2.32. The van der Waals surface area contributed by atoms with Crippen molar-refractivity contribution < 1.29 is 43.3 Å². The van der Waals surface area contributed by atoms with Gasteiger partial charge in [-0.25, -0.2) is 4.98 Å². The SMILES string of the molecule is CC(C)(C)OC(=O)CN1CCC(C(=O)N2CCC(c3ccc4c(n3)NCCC4)CC2)CC1=O.CC(C)(C)OC(=O)CN1CCC(C(=O)O)CC1=O.c1cc2c(nc1C1CCNCC1)CCCC2. The molecule has 4 saturated heterocycles. The molecule has 3 amide bonds. The fraction of sp³-hybridized carbons (Fsp3) is 0.686. The van der Waals surface area contributed by atoms with E-state index in [0.717, 1.165) is 56.8 Å². The maximum Gasteiger partial charge on any atom is 0.326 e. The van der Waals surface area contributed by atoms with E-state index in [1.165, 1.54) is 70.8 Å². The Morgan fingerprint density at radius 2 is 1.16 bits per heavy atom. The Labute approximate surface area is 396 Å². The molecule has 16 heteroatoms. The first-order valence-electron chi connectivity index (χ1n) is 24.8. The quantitative estimate of drug-likeness (QED) is 0.269. The Kier molecular flexibility index (Phi) is 17.8. The van der Waals surface area contributed by atoms with Crippen LogP contribution in [-0.4, -0.2) is 136 Å². The smallest absolute Gasteiger partial charge is 0.326 e. The van der Waals surface area contributed by atoms with Crippen LogP contribution in [0.1, 0.15) is 152 Å². The molecule has 0 spiro atoms. The number of likely N-dealkylation sites (tertiary alicyclic amines) is 3. The van der Waals surface area contributed by atoms with Crippen LogP contribution in [0.2, 0.25) is 0 Å². The minimum absolute atomic E-state index is 0.0435. The summed E-state index contributed by atoms with van der Waals surface area (Å²) >= 11 is 0. The van der Waals surface area contributed by atoms with E-state index in [1.807, 2.05) is 4.90 Å². The van der Waals surface area contributed by atoms with Gasteiger partial charge in [0.25, 0.3) is 0 Å². The molecule has 0 radical (unpaired) electrons. The number of ether oxygens (including phenoxy) is 2. The van der Waals surface area contributed by atoms with Gasteiger partial charge >= 0.3 is 17.9 Å². The highest BCUT2D eigenvalue weighted by atomic mass is 16.6. The Hall–Kier alpha value is -5.12.